The van der Waals surface area contributed by atoms with Gasteiger partial charge in [0.2, 0.25) is 0 Å². The molecule has 0 bridgehead atoms. The van der Waals surface area contributed by atoms with E-state index >= 15 is 0 Å². The highest BCUT2D eigenvalue weighted by atomic mass is 32.1. The van der Waals surface area contributed by atoms with Crippen molar-refractivity contribution in [3.05, 3.63) is 158 Å². The quantitative estimate of drug-likeness (QED) is 0.180. The molecule has 0 saturated heterocycles. The minimum atomic E-state index is -0.0721. The molecular formula is C48H39NOS2. The Bertz CT molecular complexity index is 2760. The van der Waals surface area contributed by atoms with Gasteiger partial charge in [-0.2, -0.15) is 0 Å². The summed E-state index contributed by atoms with van der Waals surface area (Å²) in [6, 6.07) is 24.4. The molecule has 0 radical (unpaired) electrons. The van der Waals surface area contributed by atoms with Gasteiger partial charge in [0.05, 0.1) is 10.6 Å². The fourth-order valence-electron chi connectivity index (χ4n) is 9.38. The zero-order valence-electron chi connectivity index (χ0n) is 29.0. The number of thiophene rings is 2. The Morgan fingerprint density at radius 1 is 0.712 bits per heavy atom. The topological polar surface area (TPSA) is 12.5 Å². The summed E-state index contributed by atoms with van der Waals surface area (Å²) in [5.74, 6) is 1.89. The molecule has 4 unspecified atom stereocenters. The molecule has 254 valence electrons. The van der Waals surface area contributed by atoms with Gasteiger partial charge in [0, 0.05) is 41.8 Å². The number of nitrogens with zero attached hydrogens (tertiary/aromatic N) is 1. The van der Waals surface area contributed by atoms with Crippen LogP contribution >= 0.6 is 22.7 Å². The third-order valence-electron chi connectivity index (χ3n) is 11.8. The second-order valence-corrected chi connectivity index (χ2v) is 16.9. The number of benzene rings is 3. The maximum absolute atomic E-state index is 6.89. The van der Waals surface area contributed by atoms with Crippen molar-refractivity contribution in [2.75, 3.05) is 0 Å². The second kappa shape index (κ2) is 12.4. The van der Waals surface area contributed by atoms with Gasteiger partial charge in [0.1, 0.15) is 11.9 Å². The maximum Gasteiger partial charge on any atom is 0.149 e. The molecule has 0 fully saturated rings. The van der Waals surface area contributed by atoms with Gasteiger partial charge in [0.25, 0.3) is 0 Å². The van der Waals surface area contributed by atoms with Gasteiger partial charge in [-0.25, -0.2) is 0 Å². The molecule has 4 atom stereocenters. The highest BCUT2D eigenvalue weighted by Crippen LogP contribution is 2.44. The fourth-order valence-corrected chi connectivity index (χ4v) is 12.0. The van der Waals surface area contributed by atoms with Crippen LogP contribution in [0.5, 0.6) is 5.75 Å². The Balaban J connectivity index is 1.07. The first-order chi connectivity index (χ1) is 25.8. The van der Waals surface area contributed by atoms with E-state index in [0.717, 1.165) is 44.3 Å². The molecule has 0 saturated carbocycles. The van der Waals surface area contributed by atoms with Gasteiger partial charge in [-0.3, -0.25) is 0 Å². The van der Waals surface area contributed by atoms with Crippen molar-refractivity contribution in [2.45, 2.75) is 50.7 Å². The lowest BCUT2D eigenvalue weighted by Crippen LogP contribution is -2.46. The average Bonchev–Trinajstić information content (AvgIpc) is 3.90. The Kier molecular flexibility index (Phi) is 7.30. The van der Waals surface area contributed by atoms with Crippen LogP contribution in [0.2, 0.25) is 0 Å². The molecule has 52 heavy (non-hydrogen) atoms. The summed E-state index contributed by atoms with van der Waals surface area (Å²) < 4.78 is 12.5. The summed E-state index contributed by atoms with van der Waals surface area (Å²) in [6.07, 6.45) is 35.4. The number of rotatable bonds is 5. The first kappa shape index (κ1) is 30.7. The first-order valence-electron chi connectivity index (χ1n) is 18.9. The monoisotopic (exact) mass is 709 g/mol. The lowest BCUT2D eigenvalue weighted by Gasteiger charge is -2.40. The molecule has 3 aromatic carbocycles. The molecule has 2 aromatic heterocycles. The van der Waals surface area contributed by atoms with Crippen molar-refractivity contribution in [2.24, 2.45) is 11.8 Å². The molecule has 1 aliphatic heterocycles. The van der Waals surface area contributed by atoms with Crippen LogP contribution in [0.4, 0.5) is 0 Å². The number of para-hydroxylation sites is 1. The molecule has 11 rings (SSSR count). The van der Waals surface area contributed by atoms with Gasteiger partial charge in [-0.05, 0) is 95.5 Å². The van der Waals surface area contributed by atoms with Crippen LogP contribution in [-0.2, 0) is 0 Å². The van der Waals surface area contributed by atoms with Crippen molar-refractivity contribution >= 4 is 77.9 Å². The third kappa shape index (κ3) is 4.88. The molecule has 3 heterocycles. The highest BCUT2D eigenvalue weighted by Gasteiger charge is 2.40. The molecule has 5 aliphatic carbocycles. The lowest BCUT2D eigenvalue weighted by atomic mass is 9.81. The van der Waals surface area contributed by atoms with Crippen LogP contribution in [0.25, 0.3) is 55.2 Å². The average molecular weight is 710 g/mol. The molecular weight excluding hydrogens is 671 g/mol. The van der Waals surface area contributed by atoms with E-state index in [4.69, 9.17) is 4.74 Å². The van der Waals surface area contributed by atoms with Gasteiger partial charge in [0.15, 0.2) is 0 Å². The van der Waals surface area contributed by atoms with Crippen molar-refractivity contribution in [1.29, 1.82) is 0 Å². The van der Waals surface area contributed by atoms with Crippen LogP contribution in [0, 0.1) is 11.8 Å². The largest absolute Gasteiger partial charge is 0.483 e. The van der Waals surface area contributed by atoms with Crippen molar-refractivity contribution in [1.82, 2.24) is 4.90 Å². The molecule has 2 nitrogen and oxygen atoms in total. The van der Waals surface area contributed by atoms with E-state index in [2.05, 4.69) is 145 Å². The normalized spacial score (nSPS) is 24.0. The van der Waals surface area contributed by atoms with Crippen LogP contribution in [-0.4, -0.2) is 17.0 Å². The minimum Gasteiger partial charge on any atom is -0.483 e. The summed E-state index contributed by atoms with van der Waals surface area (Å²) in [7, 11) is 0. The SMILES string of the molecule is C1=CC(N(C2=CC(C3C=c4sc5ccccc5c4=CC3)CC=C2)C2=c3sc4c(C5=CCCC=C5)cccc4c3=CCC2)C2Oc3ccccc3C2=C1. The van der Waals surface area contributed by atoms with Crippen molar-refractivity contribution in [3.63, 3.8) is 0 Å². The Hall–Kier alpha value is -4.90. The Labute approximate surface area is 312 Å². The standard InChI is InChI=1S/C48H39NOS2/c1-2-12-30(13-3-1)34-18-9-20-39-40-21-11-23-42(48(40)52-47(34)39)49(41-22-10-19-38-35-16-4-6-24-43(35)50-46(38)41)33-15-8-14-31(28-33)32-26-27-37-36-17-5-7-25-44(36)51-45(37)29-32/h2,4-10,12-13,15-22,24-25,27-29,31-32,41,46H,1,3,11,14,23,26H2. The summed E-state index contributed by atoms with van der Waals surface area (Å²) in [5, 5.41) is 5.63. The highest BCUT2D eigenvalue weighted by molar-refractivity contribution is 7.17. The molecule has 4 heteroatoms. The van der Waals surface area contributed by atoms with E-state index in [1.54, 1.807) is 0 Å². The minimum absolute atomic E-state index is 0.0350. The van der Waals surface area contributed by atoms with E-state index in [1.165, 1.54) is 73.3 Å². The number of allylic oxidation sites excluding steroid dienone is 9. The van der Waals surface area contributed by atoms with Gasteiger partial charge < -0.3 is 9.64 Å². The second-order valence-electron chi connectivity index (χ2n) is 14.8. The van der Waals surface area contributed by atoms with E-state index in [9.17, 15) is 0 Å². The predicted octanol–water partition coefficient (Wildman–Crippen LogP) is 9.36. The number of hydrogen-bond donors (Lipinski definition) is 0. The van der Waals surface area contributed by atoms with Gasteiger partial charge >= 0.3 is 0 Å². The first-order valence-corrected chi connectivity index (χ1v) is 20.6. The van der Waals surface area contributed by atoms with Crippen LogP contribution < -0.4 is 24.2 Å². The summed E-state index contributed by atoms with van der Waals surface area (Å²) >= 11 is 3.94. The van der Waals surface area contributed by atoms with E-state index in [1.807, 2.05) is 22.7 Å². The van der Waals surface area contributed by atoms with Crippen LogP contribution in [0.3, 0.4) is 0 Å². The van der Waals surface area contributed by atoms with Crippen LogP contribution in [0.15, 0.2) is 127 Å². The Morgan fingerprint density at radius 2 is 1.60 bits per heavy atom. The predicted molar refractivity (Wildman–Crippen MR) is 222 cm³/mol. The smallest absolute Gasteiger partial charge is 0.149 e. The van der Waals surface area contributed by atoms with Crippen molar-refractivity contribution in [3.8, 4) is 5.75 Å². The zero-order valence-corrected chi connectivity index (χ0v) is 30.6. The molecule has 6 aliphatic rings. The van der Waals surface area contributed by atoms with Crippen LogP contribution in [0.1, 0.15) is 49.7 Å². The van der Waals surface area contributed by atoms with E-state index in [0.29, 0.717) is 11.8 Å². The molecule has 0 N–H and O–H groups in total. The zero-order chi connectivity index (χ0) is 34.2. The Morgan fingerprint density at radius 3 is 2.56 bits per heavy atom. The fraction of sp³-hybridized carbons (Fsp3) is 0.208. The summed E-state index contributed by atoms with van der Waals surface area (Å²) in [6.45, 7) is 0. The summed E-state index contributed by atoms with van der Waals surface area (Å²) in [4.78, 5) is 2.70. The molecule has 0 amide bonds. The van der Waals surface area contributed by atoms with E-state index in [-0.39, 0.29) is 12.1 Å². The maximum atomic E-state index is 6.89. The molecule has 5 aromatic rings. The third-order valence-corrected chi connectivity index (χ3v) is 14.3. The summed E-state index contributed by atoms with van der Waals surface area (Å²) in [5.41, 5.74) is 7.97. The number of ether oxygens (including phenoxy) is 1. The van der Waals surface area contributed by atoms with E-state index < -0.39 is 0 Å². The van der Waals surface area contributed by atoms with Crippen molar-refractivity contribution < 1.29 is 4.74 Å². The van der Waals surface area contributed by atoms with Gasteiger partial charge in [-0.15, -0.1) is 22.7 Å². The lowest BCUT2D eigenvalue weighted by molar-refractivity contribution is 0.197. The number of hydrogen-bond acceptors (Lipinski definition) is 4. The van der Waals surface area contributed by atoms with Gasteiger partial charge in [-0.1, -0.05) is 121 Å². The molecule has 0 spiro atoms. The number of fused-ring (bicyclic) bond motifs is 9.